The average Bonchev–Trinajstić information content (AvgIpc) is 2.72. The van der Waals surface area contributed by atoms with Crippen molar-refractivity contribution in [2.45, 2.75) is 13.0 Å². The third-order valence-electron chi connectivity index (χ3n) is 4.08. The number of hydrogen-bond donors (Lipinski definition) is 2. The molecule has 0 aliphatic heterocycles. The van der Waals surface area contributed by atoms with Crippen LogP contribution >= 0.6 is 24.0 Å². The molecule has 0 unspecified atom stereocenters. The van der Waals surface area contributed by atoms with Gasteiger partial charge >= 0.3 is 0 Å². The Morgan fingerprint density at radius 2 is 2.04 bits per heavy atom. The van der Waals surface area contributed by atoms with Crippen LogP contribution in [0.5, 0.6) is 5.75 Å². The van der Waals surface area contributed by atoms with Crippen LogP contribution in [0.1, 0.15) is 11.3 Å². The van der Waals surface area contributed by atoms with Crippen molar-refractivity contribution in [2.75, 3.05) is 34.3 Å². The van der Waals surface area contributed by atoms with E-state index in [1.54, 1.807) is 32.3 Å². The molecule has 2 rings (SSSR count). The molecule has 0 radical (unpaired) electrons. The molecular weight excluding hydrogens is 469 g/mol. The van der Waals surface area contributed by atoms with E-state index < -0.39 is 0 Å². The number of pyridine rings is 1. The van der Waals surface area contributed by atoms with Gasteiger partial charge in [-0.3, -0.25) is 14.8 Å². The quantitative estimate of drug-likeness (QED) is 0.332. The van der Waals surface area contributed by atoms with E-state index in [-0.39, 0.29) is 36.4 Å². The van der Waals surface area contributed by atoms with Crippen molar-refractivity contribution in [3.63, 3.8) is 0 Å². The normalized spacial score (nSPS) is 10.6. The third-order valence-corrected chi connectivity index (χ3v) is 4.08. The Bertz CT molecular complexity index is 755. The van der Waals surface area contributed by atoms with Crippen molar-refractivity contribution in [3.05, 3.63) is 59.9 Å². The van der Waals surface area contributed by atoms with Gasteiger partial charge in [-0.1, -0.05) is 18.2 Å². The molecule has 0 atom stereocenters. The van der Waals surface area contributed by atoms with Crippen molar-refractivity contribution in [1.82, 2.24) is 20.5 Å². The maximum atomic E-state index is 12.3. The first-order valence-electron chi connectivity index (χ1n) is 8.83. The molecule has 28 heavy (non-hydrogen) atoms. The summed E-state index contributed by atoms with van der Waals surface area (Å²) in [5.74, 6) is 1.38. The fourth-order valence-electron chi connectivity index (χ4n) is 2.44. The Kier molecular flexibility index (Phi) is 10.9. The van der Waals surface area contributed by atoms with Gasteiger partial charge in [-0.15, -0.1) is 24.0 Å². The summed E-state index contributed by atoms with van der Waals surface area (Å²) in [6, 6.07) is 13.6. The van der Waals surface area contributed by atoms with Crippen LogP contribution in [-0.2, 0) is 17.8 Å². The lowest BCUT2D eigenvalue weighted by Crippen LogP contribution is -2.43. The van der Waals surface area contributed by atoms with Crippen LogP contribution in [0.2, 0.25) is 0 Å². The Morgan fingerprint density at radius 3 is 2.71 bits per heavy atom. The van der Waals surface area contributed by atoms with E-state index in [0.717, 1.165) is 23.4 Å². The van der Waals surface area contributed by atoms with Gasteiger partial charge in [0.1, 0.15) is 5.75 Å². The van der Waals surface area contributed by atoms with Crippen LogP contribution < -0.4 is 15.4 Å². The van der Waals surface area contributed by atoms with E-state index >= 15 is 0 Å². The first-order valence-corrected chi connectivity index (χ1v) is 8.83. The third kappa shape index (κ3) is 8.12. The second-order valence-electron chi connectivity index (χ2n) is 6.02. The molecule has 0 bridgehead atoms. The van der Waals surface area contributed by atoms with Gasteiger partial charge in [-0.2, -0.15) is 0 Å². The van der Waals surface area contributed by atoms with Gasteiger partial charge in [0.15, 0.2) is 5.96 Å². The number of aliphatic imine (C=N–C) groups is 1. The highest BCUT2D eigenvalue weighted by Gasteiger charge is 2.10. The van der Waals surface area contributed by atoms with Gasteiger partial charge in [-0.05, 0) is 29.8 Å². The summed E-state index contributed by atoms with van der Waals surface area (Å²) in [7, 11) is 5.11. The molecule has 2 aromatic rings. The lowest BCUT2D eigenvalue weighted by molar-refractivity contribution is -0.128. The minimum absolute atomic E-state index is 0. The summed E-state index contributed by atoms with van der Waals surface area (Å²) in [4.78, 5) is 22.4. The molecule has 2 N–H and O–H groups in total. The highest BCUT2D eigenvalue weighted by atomic mass is 127. The van der Waals surface area contributed by atoms with Crippen LogP contribution in [0.4, 0.5) is 0 Å². The summed E-state index contributed by atoms with van der Waals surface area (Å²) in [5.41, 5.74) is 2.04. The molecule has 8 heteroatoms. The predicted octanol–water partition coefficient (Wildman–Crippen LogP) is 2.07. The maximum Gasteiger partial charge on any atom is 0.241 e. The average molecular weight is 497 g/mol. The number of carbonyl (C=O) groups excluding carboxylic acids is 1. The first-order chi connectivity index (χ1) is 13.1. The van der Waals surface area contributed by atoms with E-state index in [0.29, 0.717) is 19.0 Å². The van der Waals surface area contributed by atoms with E-state index in [1.807, 2.05) is 42.5 Å². The van der Waals surface area contributed by atoms with Crippen molar-refractivity contribution in [1.29, 1.82) is 0 Å². The molecule has 1 heterocycles. The van der Waals surface area contributed by atoms with Crippen LogP contribution in [0.25, 0.3) is 0 Å². The van der Waals surface area contributed by atoms with Crippen molar-refractivity contribution in [3.8, 4) is 5.75 Å². The molecule has 1 aromatic carbocycles. The Balaban J connectivity index is 0.00000392. The number of aromatic nitrogens is 1. The molecule has 1 aromatic heterocycles. The summed E-state index contributed by atoms with van der Waals surface area (Å²) >= 11 is 0. The molecule has 152 valence electrons. The van der Waals surface area contributed by atoms with Gasteiger partial charge in [0.25, 0.3) is 0 Å². The molecule has 0 spiro atoms. The number of benzene rings is 1. The van der Waals surface area contributed by atoms with Gasteiger partial charge in [-0.25, -0.2) is 0 Å². The number of ether oxygens (including phenoxy) is 1. The van der Waals surface area contributed by atoms with E-state index in [2.05, 4.69) is 20.6 Å². The largest absolute Gasteiger partial charge is 0.497 e. The lowest BCUT2D eigenvalue weighted by Gasteiger charge is -2.18. The van der Waals surface area contributed by atoms with E-state index in [9.17, 15) is 4.79 Å². The molecule has 0 aliphatic carbocycles. The van der Waals surface area contributed by atoms with Gasteiger partial charge in [0, 0.05) is 45.5 Å². The Labute approximate surface area is 183 Å². The van der Waals surface area contributed by atoms with Gasteiger partial charge in [0.2, 0.25) is 5.91 Å². The predicted molar refractivity (Wildman–Crippen MR) is 122 cm³/mol. The van der Waals surface area contributed by atoms with Crippen LogP contribution in [0, 0.1) is 0 Å². The van der Waals surface area contributed by atoms with Crippen molar-refractivity contribution < 1.29 is 9.53 Å². The van der Waals surface area contributed by atoms with Crippen LogP contribution in [0.3, 0.4) is 0 Å². The number of likely N-dealkylation sites (N-methyl/N-ethyl adjacent to an activating group) is 1. The van der Waals surface area contributed by atoms with Crippen molar-refractivity contribution in [2.24, 2.45) is 4.99 Å². The molecule has 0 saturated heterocycles. The summed E-state index contributed by atoms with van der Waals surface area (Å²) in [6.45, 7) is 1.38. The molecule has 7 nitrogen and oxygen atoms in total. The van der Waals surface area contributed by atoms with Crippen LogP contribution in [0.15, 0.2) is 53.7 Å². The second-order valence-corrected chi connectivity index (χ2v) is 6.02. The van der Waals surface area contributed by atoms with E-state index in [1.165, 1.54) is 0 Å². The minimum atomic E-state index is -0.00439. The van der Waals surface area contributed by atoms with E-state index in [4.69, 9.17) is 4.74 Å². The lowest BCUT2D eigenvalue weighted by atomic mass is 10.2. The number of carbonyl (C=O) groups is 1. The minimum Gasteiger partial charge on any atom is -0.497 e. The molecular formula is C20H28IN5O2. The van der Waals surface area contributed by atoms with Crippen LogP contribution in [-0.4, -0.2) is 56.0 Å². The molecule has 0 fully saturated rings. The Morgan fingerprint density at radius 1 is 1.21 bits per heavy atom. The standard InChI is InChI=1S/C20H27N5O2.HI/c1-21-20(23-14-16-7-6-9-18(13-16)27-3)24-15-19(26)25(2)12-10-17-8-4-5-11-22-17;/h4-9,11,13H,10,12,14-15H2,1-3H3,(H2,21,23,24);1H. The number of methoxy groups -OCH3 is 1. The topological polar surface area (TPSA) is 78.9 Å². The summed E-state index contributed by atoms with van der Waals surface area (Å²) in [5, 5.41) is 6.24. The number of guanidine groups is 1. The first kappa shape index (κ1) is 23.7. The van der Waals surface area contributed by atoms with Crippen molar-refractivity contribution >= 4 is 35.8 Å². The molecule has 0 aliphatic rings. The SMILES string of the molecule is CN=C(NCC(=O)N(C)CCc1ccccn1)NCc1cccc(OC)c1.I. The fourth-order valence-corrected chi connectivity index (χ4v) is 2.44. The van der Waals surface area contributed by atoms with Gasteiger partial charge in [0.05, 0.1) is 13.7 Å². The monoisotopic (exact) mass is 497 g/mol. The number of halogens is 1. The zero-order chi connectivity index (χ0) is 19.5. The molecule has 1 amide bonds. The number of nitrogens with one attached hydrogen (secondary N) is 2. The fraction of sp³-hybridized carbons (Fsp3) is 0.350. The summed E-state index contributed by atoms with van der Waals surface area (Å²) in [6.07, 6.45) is 2.49. The number of rotatable bonds is 8. The zero-order valence-electron chi connectivity index (χ0n) is 16.5. The smallest absolute Gasteiger partial charge is 0.241 e. The Hall–Kier alpha value is -2.36. The number of hydrogen-bond acceptors (Lipinski definition) is 4. The molecule has 0 saturated carbocycles. The number of nitrogens with zero attached hydrogens (tertiary/aromatic N) is 3. The highest BCUT2D eigenvalue weighted by molar-refractivity contribution is 14.0. The number of amides is 1. The van der Waals surface area contributed by atoms with Gasteiger partial charge < -0.3 is 20.3 Å². The maximum absolute atomic E-state index is 12.3. The second kappa shape index (κ2) is 12.9. The zero-order valence-corrected chi connectivity index (χ0v) is 18.8. The highest BCUT2D eigenvalue weighted by Crippen LogP contribution is 2.11. The summed E-state index contributed by atoms with van der Waals surface area (Å²) < 4.78 is 5.22.